The highest BCUT2D eigenvalue weighted by Gasteiger charge is 2.33. The minimum atomic E-state index is -3.11. The first-order valence-corrected chi connectivity index (χ1v) is 7.99. The van der Waals surface area contributed by atoms with Gasteiger partial charge in [0.1, 0.15) is 23.7 Å². The average Bonchev–Trinajstić information content (AvgIpc) is 2.90. The first-order chi connectivity index (χ1) is 12.1. The van der Waals surface area contributed by atoms with Gasteiger partial charge in [0.2, 0.25) is 5.91 Å². The molecule has 2 aromatic rings. The fourth-order valence-corrected chi connectivity index (χ4v) is 2.94. The van der Waals surface area contributed by atoms with Gasteiger partial charge in [-0.3, -0.25) is 9.79 Å². The van der Waals surface area contributed by atoms with Crippen LogP contribution in [0.4, 0.5) is 13.2 Å². The standard InChI is InChI=1S/C17H18F3N5O/c1-10(26)23-16(2)7-13-11(9-21-16)12(8-18)24-25(13)15-6-4-5-14(22-15)17(3,19)20/h4-6,9H,7-8H2,1-3H3,(H,23,26). The number of amides is 1. The van der Waals surface area contributed by atoms with Crippen LogP contribution in [0.5, 0.6) is 0 Å². The number of nitrogens with zero attached hydrogens (tertiary/aromatic N) is 4. The molecule has 1 amide bonds. The van der Waals surface area contributed by atoms with E-state index in [2.05, 4.69) is 20.4 Å². The molecule has 0 aromatic carbocycles. The molecule has 0 fully saturated rings. The summed E-state index contributed by atoms with van der Waals surface area (Å²) in [7, 11) is 0. The summed E-state index contributed by atoms with van der Waals surface area (Å²) in [6.07, 6.45) is 1.67. The smallest absolute Gasteiger partial charge is 0.287 e. The number of nitrogens with one attached hydrogen (secondary N) is 1. The Morgan fingerprint density at radius 3 is 2.77 bits per heavy atom. The van der Waals surface area contributed by atoms with E-state index in [0.717, 1.165) is 6.92 Å². The monoisotopic (exact) mass is 365 g/mol. The van der Waals surface area contributed by atoms with Gasteiger partial charge in [-0.1, -0.05) is 6.07 Å². The Hall–Kier alpha value is -2.71. The summed E-state index contributed by atoms with van der Waals surface area (Å²) in [4.78, 5) is 19.7. The summed E-state index contributed by atoms with van der Waals surface area (Å²) in [6, 6.07) is 4.19. The van der Waals surface area contributed by atoms with Crippen molar-refractivity contribution in [2.45, 2.75) is 45.5 Å². The maximum absolute atomic E-state index is 13.6. The molecule has 0 radical (unpaired) electrons. The van der Waals surface area contributed by atoms with Gasteiger partial charge in [-0.2, -0.15) is 13.9 Å². The van der Waals surface area contributed by atoms with Gasteiger partial charge in [-0.25, -0.2) is 14.1 Å². The van der Waals surface area contributed by atoms with E-state index in [9.17, 15) is 18.0 Å². The highest BCUT2D eigenvalue weighted by Crippen LogP contribution is 2.29. The van der Waals surface area contributed by atoms with Gasteiger partial charge in [-0.05, 0) is 19.1 Å². The molecule has 9 heteroatoms. The average molecular weight is 365 g/mol. The van der Waals surface area contributed by atoms with Crippen molar-refractivity contribution in [3.63, 3.8) is 0 Å². The predicted octanol–water partition coefficient (Wildman–Crippen LogP) is 2.68. The Labute approximate surface area is 148 Å². The Morgan fingerprint density at radius 2 is 2.15 bits per heavy atom. The third-order valence-corrected chi connectivity index (χ3v) is 4.06. The number of hydrogen-bond donors (Lipinski definition) is 1. The molecule has 3 rings (SSSR count). The van der Waals surface area contributed by atoms with Crippen molar-refractivity contribution >= 4 is 12.1 Å². The maximum Gasteiger partial charge on any atom is 0.287 e. The fourth-order valence-electron chi connectivity index (χ4n) is 2.94. The van der Waals surface area contributed by atoms with Crippen LogP contribution >= 0.6 is 0 Å². The van der Waals surface area contributed by atoms with Crippen LogP contribution < -0.4 is 5.32 Å². The number of rotatable bonds is 4. The Balaban J connectivity index is 2.11. The molecule has 0 saturated carbocycles. The van der Waals surface area contributed by atoms with Crippen molar-refractivity contribution in [3.05, 3.63) is 40.8 Å². The van der Waals surface area contributed by atoms with Crippen molar-refractivity contribution in [2.24, 2.45) is 4.99 Å². The summed E-state index contributed by atoms with van der Waals surface area (Å²) < 4.78 is 41.9. The molecule has 1 aliphatic rings. The van der Waals surface area contributed by atoms with E-state index in [1.807, 2.05) is 0 Å². The van der Waals surface area contributed by atoms with Crippen LogP contribution in [-0.2, 0) is 23.8 Å². The molecule has 1 N–H and O–H groups in total. The first-order valence-electron chi connectivity index (χ1n) is 7.99. The predicted molar refractivity (Wildman–Crippen MR) is 89.3 cm³/mol. The lowest BCUT2D eigenvalue weighted by Crippen LogP contribution is -2.47. The van der Waals surface area contributed by atoms with E-state index in [1.54, 1.807) is 6.92 Å². The van der Waals surface area contributed by atoms with Gasteiger partial charge >= 0.3 is 0 Å². The normalized spacial score (nSPS) is 19.3. The van der Waals surface area contributed by atoms with E-state index in [0.29, 0.717) is 11.3 Å². The number of fused-ring (bicyclic) bond motifs is 1. The molecule has 0 saturated heterocycles. The summed E-state index contributed by atoms with van der Waals surface area (Å²) in [5, 5.41) is 6.91. The Kier molecular flexibility index (Phi) is 4.33. The SMILES string of the molecule is CC(=O)NC1(C)Cc2c(c(CF)nn2-c2cccc(C(C)(F)F)n2)C=N1. The number of carbonyl (C=O) groups excluding carboxylic acids is 1. The van der Waals surface area contributed by atoms with Crippen molar-refractivity contribution in [1.82, 2.24) is 20.1 Å². The third-order valence-electron chi connectivity index (χ3n) is 4.06. The summed E-state index contributed by atoms with van der Waals surface area (Å²) in [5.41, 5.74) is -0.172. The Bertz CT molecular complexity index is 887. The quantitative estimate of drug-likeness (QED) is 0.905. The van der Waals surface area contributed by atoms with Crippen LogP contribution in [0.25, 0.3) is 5.82 Å². The van der Waals surface area contributed by atoms with E-state index < -0.39 is 24.0 Å². The van der Waals surface area contributed by atoms with Gasteiger partial charge in [-0.15, -0.1) is 0 Å². The van der Waals surface area contributed by atoms with Crippen molar-refractivity contribution < 1.29 is 18.0 Å². The fraction of sp³-hybridized carbons (Fsp3) is 0.412. The maximum atomic E-state index is 13.6. The highest BCUT2D eigenvalue weighted by molar-refractivity contribution is 5.85. The lowest BCUT2D eigenvalue weighted by Gasteiger charge is -2.29. The second kappa shape index (κ2) is 6.22. The minimum Gasteiger partial charge on any atom is -0.332 e. The lowest BCUT2D eigenvalue weighted by molar-refractivity contribution is -0.120. The molecular weight excluding hydrogens is 347 g/mol. The number of alkyl halides is 3. The lowest BCUT2D eigenvalue weighted by atomic mass is 9.99. The first kappa shape index (κ1) is 18.1. The van der Waals surface area contributed by atoms with Crippen LogP contribution in [0.15, 0.2) is 23.2 Å². The Morgan fingerprint density at radius 1 is 1.42 bits per heavy atom. The number of halogens is 3. The molecule has 6 nitrogen and oxygen atoms in total. The van der Waals surface area contributed by atoms with Crippen molar-refractivity contribution in [1.29, 1.82) is 0 Å². The molecule has 138 valence electrons. The number of hydrogen-bond acceptors (Lipinski definition) is 4. The zero-order chi connectivity index (χ0) is 19.1. The largest absolute Gasteiger partial charge is 0.332 e. The molecule has 0 aliphatic carbocycles. The second-order valence-electron chi connectivity index (χ2n) is 6.51. The number of pyridine rings is 1. The third kappa shape index (κ3) is 3.33. The van der Waals surface area contributed by atoms with E-state index in [-0.39, 0.29) is 23.8 Å². The van der Waals surface area contributed by atoms with E-state index >= 15 is 0 Å². The van der Waals surface area contributed by atoms with Crippen LogP contribution in [0.1, 0.15) is 43.4 Å². The summed E-state index contributed by atoms with van der Waals surface area (Å²) in [6.45, 7) is 3.01. The van der Waals surface area contributed by atoms with Gasteiger partial charge in [0.05, 0.1) is 5.69 Å². The number of aromatic nitrogens is 3. The molecular formula is C17H18F3N5O. The van der Waals surface area contributed by atoms with Gasteiger partial charge in [0, 0.05) is 32.0 Å². The van der Waals surface area contributed by atoms with Gasteiger partial charge in [0.25, 0.3) is 5.92 Å². The highest BCUT2D eigenvalue weighted by atomic mass is 19.3. The second-order valence-corrected chi connectivity index (χ2v) is 6.51. The molecule has 3 heterocycles. The topological polar surface area (TPSA) is 72.2 Å². The molecule has 2 aromatic heterocycles. The molecule has 1 unspecified atom stereocenters. The van der Waals surface area contributed by atoms with Crippen molar-refractivity contribution in [3.8, 4) is 5.82 Å². The molecule has 1 atom stereocenters. The molecule has 0 bridgehead atoms. The van der Waals surface area contributed by atoms with E-state index in [4.69, 9.17) is 0 Å². The van der Waals surface area contributed by atoms with Crippen LogP contribution in [0.3, 0.4) is 0 Å². The van der Waals surface area contributed by atoms with Crippen molar-refractivity contribution in [2.75, 3.05) is 0 Å². The van der Waals surface area contributed by atoms with Gasteiger partial charge in [0.15, 0.2) is 5.82 Å². The van der Waals surface area contributed by atoms with E-state index in [1.165, 1.54) is 36.0 Å². The number of aliphatic imine (C=N–C) groups is 1. The summed E-state index contributed by atoms with van der Waals surface area (Å²) >= 11 is 0. The van der Waals surface area contributed by atoms with Crippen LogP contribution in [-0.4, -0.2) is 32.5 Å². The molecule has 26 heavy (non-hydrogen) atoms. The molecule has 0 spiro atoms. The van der Waals surface area contributed by atoms with Crippen LogP contribution in [0.2, 0.25) is 0 Å². The van der Waals surface area contributed by atoms with Crippen LogP contribution in [0, 0.1) is 0 Å². The zero-order valence-corrected chi connectivity index (χ0v) is 14.6. The molecule has 1 aliphatic heterocycles. The van der Waals surface area contributed by atoms with Gasteiger partial charge < -0.3 is 5.32 Å². The number of carbonyl (C=O) groups is 1. The zero-order valence-electron chi connectivity index (χ0n) is 14.6. The summed E-state index contributed by atoms with van der Waals surface area (Å²) in [5.74, 6) is -3.23. The minimum absolute atomic E-state index is 0.143.